The van der Waals surface area contributed by atoms with E-state index in [-0.39, 0.29) is 0 Å². The van der Waals surface area contributed by atoms with Crippen LogP contribution in [0.3, 0.4) is 0 Å². The summed E-state index contributed by atoms with van der Waals surface area (Å²) >= 11 is 0. The van der Waals surface area contributed by atoms with Crippen LogP contribution < -0.4 is 10.1 Å². The summed E-state index contributed by atoms with van der Waals surface area (Å²) in [7, 11) is 1.72. The predicted octanol–water partition coefficient (Wildman–Crippen LogP) is 2.32. The van der Waals surface area contributed by atoms with E-state index in [2.05, 4.69) is 46.5 Å². The highest BCUT2D eigenvalue weighted by Crippen LogP contribution is 2.25. The zero-order valence-electron chi connectivity index (χ0n) is 14.2. The van der Waals surface area contributed by atoms with Crippen molar-refractivity contribution in [2.45, 2.75) is 6.04 Å². The molecule has 1 saturated heterocycles. The number of nitrogens with zero attached hydrogens (tertiary/aromatic N) is 2. The van der Waals surface area contributed by atoms with Gasteiger partial charge in [0.05, 0.1) is 7.11 Å². The third-order valence-electron chi connectivity index (χ3n) is 4.29. The van der Waals surface area contributed by atoms with E-state index in [9.17, 15) is 0 Å². The largest absolute Gasteiger partial charge is 0.497 e. The summed E-state index contributed by atoms with van der Waals surface area (Å²) in [5.74, 6) is 0.907. The molecule has 0 radical (unpaired) electrons. The zero-order valence-corrected chi connectivity index (χ0v) is 14.2. The van der Waals surface area contributed by atoms with Gasteiger partial charge in [0, 0.05) is 51.9 Å². The van der Waals surface area contributed by atoms with Crippen LogP contribution in [0.5, 0.6) is 5.75 Å². The maximum atomic E-state index is 5.41. The SMILES string of the molecule is C=CCN(CC=C)C(CN1CCNCC1)c1cccc(OC)c1. The van der Waals surface area contributed by atoms with E-state index in [1.54, 1.807) is 7.11 Å². The highest BCUT2D eigenvalue weighted by atomic mass is 16.5. The summed E-state index contributed by atoms with van der Waals surface area (Å²) in [5, 5.41) is 3.42. The first-order valence-electron chi connectivity index (χ1n) is 8.31. The van der Waals surface area contributed by atoms with Gasteiger partial charge in [-0.1, -0.05) is 24.3 Å². The Bertz CT molecular complexity index is 487. The lowest BCUT2D eigenvalue weighted by Crippen LogP contribution is -2.47. The summed E-state index contributed by atoms with van der Waals surface area (Å²) in [5.41, 5.74) is 1.28. The molecule has 0 aromatic heterocycles. The minimum Gasteiger partial charge on any atom is -0.497 e. The monoisotopic (exact) mass is 315 g/mol. The van der Waals surface area contributed by atoms with Crippen LogP contribution in [0.1, 0.15) is 11.6 Å². The van der Waals surface area contributed by atoms with E-state index in [0.29, 0.717) is 6.04 Å². The number of hydrogen-bond acceptors (Lipinski definition) is 4. The molecular formula is C19H29N3O. The quantitative estimate of drug-likeness (QED) is 0.708. The maximum Gasteiger partial charge on any atom is 0.119 e. The Morgan fingerprint density at radius 3 is 2.57 bits per heavy atom. The molecule has 4 nitrogen and oxygen atoms in total. The number of benzene rings is 1. The Morgan fingerprint density at radius 1 is 1.26 bits per heavy atom. The Balaban J connectivity index is 2.23. The lowest BCUT2D eigenvalue weighted by Gasteiger charge is -2.36. The van der Waals surface area contributed by atoms with Gasteiger partial charge in [0.2, 0.25) is 0 Å². The molecule has 1 fully saturated rings. The molecule has 2 rings (SSSR count). The van der Waals surface area contributed by atoms with Crippen LogP contribution in [0.4, 0.5) is 0 Å². The highest BCUT2D eigenvalue weighted by Gasteiger charge is 2.23. The first-order chi connectivity index (χ1) is 11.3. The first kappa shape index (κ1) is 17.7. The molecule has 0 amide bonds. The molecule has 1 unspecified atom stereocenters. The van der Waals surface area contributed by atoms with Crippen molar-refractivity contribution in [3.63, 3.8) is 0 Å². The zero-order chi connectivity index (χ0) is 16.5. The smallest absolute Gasteiger partial charge is 0.119 e. The fraction of sp³-hybridized carbons (Fsp3) is 0.474. The Labute approximate surface area is 140 Å². The van der Waals surface area contributed by atoms with Gasteiger partial charge >= 0.3 is 0 Å². The molecule has 1 aromatic carbocycles. The van der Waals surface area contributed by atoms with Crippen molar-refractivity contribution in [3.8, 4) is 5.75 Å². The third kappa shape index (κ3) is 5.20. The van der Waals surface area contributed by atoms with Crippen molar-refractivity contribution in [2.24, 2.45) is 0 Å². The molecule has 1 heterocycles. The van der Waals surface area contributed by atoms with E-state index in [1.165, 1.54) is 5.56 Å². The van der Waals surface area contributed by atoms with Crippen LogP contribution in [-0.2, 0) is 0 Å². The highest BCUT2D eigenvalue weighted by molar-refractivity contribution is 5.31. The minimum absolute atomic E-state index is 0.305. The van der Waals surface area contributed by atoms with Crippen LogP contribution >= 0.6 is 0 Å². The van der Waals surface area contributed by atoms with Gasteiger partial charge in [0.15, 0.2) is 0 Å². The third-order valence-corrected chi connectivity index (χ3v) is 4.29. The molecular weight excluding hydrogens is 286 g/mol. The van der Waals surface area contributed by atoms with Gasteiger partial charge in [-0.25, -0.2) is 0 Å². The molecule has 1 N–H and O–H groups in total. The van der Waals surface area contributed by atoms with Crippen molar-refractivity contribution in [1.82, 2.24) is 15.1 Å². The molecule has 4 heteroatoms. The lowest BCUT2D eigenvalue weighted by atomic mass is 10.0. The molecule has 0 saturated carbocycles. The summed E-state index contributed by atoms with van der Waals surface area (Å²) in [6.45, 7) is 14.8. The van der Waals surface area contributed by atoms with Gasteiger partial charge < -0.3 is 10.1 Å². The molecule has 1 aromatic rings. The van der Waals surface area contributed by atoms with Crippen molar-refractivity contribution < 1.29 is 4.74 Å². The molecule has 0 aliphatic carbocycles. The Hall–Kier alpha value is -1.62. The number of piperazine rings is 1. The standard InChI is InChI=1S/C19H29N3O/c1-4-11-22(12-5-2)19(16-21-13-9-20-10-14-21)17-7-6-8-18(15-17)23-3/h4-8,15,19-20H,1-2,9-14,16H2,3H3. The Morgan fingerprint density at radius 2 is 1.96 bits per heavy atom. The summed E-state index contributed by atoms with van der Waals surface area (Å²) in [4.78, 5) is 4.94. The topological polar surface area (TPSA) is 27.7 Å². The first-order valence-corrected chi connectivity index (χ1v) is 8.31. The normalized spacial score (nSPS) is 17.0. The second-order valence-electron chi connectivity index (χ2n) is 5.87. The molecule has 126 valence electrons. The van der Waals surface area contributed by atoms with Gasteiger partial charge in [-0.3, -0.25) is 9.80 Å². The molecule has 1 atom stereocenters. The number of hydrogen-bond donors (Lipinski definition) is 1. The second kappa shape index (κ2) is 9.50. The lowest BCUT2D eigenvalue weighted by molar-refractivity contribution is 0.148. The molecule has 1 aliphatic heterocycles. The fourth-order valence-electron chi connectivity index (χ4n) is 3.08. The van der Waals surface area contributed by atoms with Crippen molar-refractivity contribution in [3.05, 3.63) is 55.1 Å². The van der Waals surface area contributed by atoms with Gasteiger partial charge in [0.1, 0.15) is 5.75 Å². The molecule has 1 aliphatic rings. The molecule has 0 spiro atoms. The van der Waals surface area contributed by atoms with Gasteiger partial charge in [-0.15, -0.1) is 13.2 Å². The average Bonchev–Trinajstić information content (AvgIpc) is 2.60. The van der Waals surface area contributed by atoms with Crippen molar-refractivity contribution >= 4 is 0 Å². The van der Waals surface area contributed by atoms with Crippen LogP contribution in [0.2, 0.25) is 0 Å². The maximum absolute atomic E-state index is 5.41. The minimum atomic E-state index is 0.305. The van der Waals surface area contributed by atoms with Crippen LogP contribution in [0.15, 0.2) is 49.6 Å². The molecule has 23 heavy (non-hydrogen) atoms. The summed E-state index contributed by atoms with van der Waals surface area (Å²) in [6, 6.07) is 8.70. The van der Waals surface area contributed by atoms with Gasteiger partial charge in [-0.2, -0.15) is 0 Å². The van der Waals surface area contributed by atoms with Gasteiger partial charge in [-0.05, 0) is 17.7 Å². The van der Waals surface area contributed by atoms with E-state index in [4.69, 9.17) is 4.74 Å². The average molecular weight is 315 g/mol. The number of rotatable bonds is 9. The summed E-state index contributed by atoms with van der Waals surface area (Å²) < 4.78 is 5.41. The van der Waals surface area contributed by atoms with E-state index < -0.39 is 0 Å². The van der Waals surface area contributed by atoms with Crippen molar-refractivity contribution in [1.29, 1.82) is 0 Å². The van der Waals surface area contributed by atoms with E-state index in [1.807, 2.05) is 18.2 Å². The molecule has 0 bridgehead atoms. The number of nitrogens with one attached hydrogen (secondary N) is 1. The van der Waals surface area contributed by atoms with Gasteiger partial charge in [0.25, 0.3) is 0 Å². The number of ether oxygens (including phenoxy) is 1. The van der Waals surface area contributed by atoms with Crippen LogP contribution in [-0.4, -0.2) is 62.7 Å². The fourth-order valence-corrected chi connectivity index (χ4v) is 3.08. The predicted molar refractivity (Wildman–Crippen MR) is 97.0 cm³/mol. The Kier molecular flexibility index (Phi) is 7.33. The van der Waals surface area contributed by atoms with Crippen LogP contribution in [0, 0.1) is 0 Å². The van der Waals surface area contributed by atoms with Crippen LogP contribution in [0.25, 0.3) is 0 Å². The van der Waals surface area contributed by atoms with Crippen molar-refractivity contribution in [2.75, 3.05) is 52.9 Å². The second-order valence-corrected chi connectivity index (χ2v) is 5.87. The van der Waals surface area contributed by atoms with E-state index >= 15 is 0 Å². The number of methoxy groups -OCH3 is 1. The van der Waals surface area contributed by atoms with E-state index in [0.717, 1.165) is 51.6 Å². The summed E-state index contributed by atoms with van der Waals surface area (Å²) in [6.07, 6.45) is 3.93.